The standard InChI is InChI=1S/C26H30FN7O2/c1-15-11-34-13-18(10-22(27)25(34)28-15)30-26(35)20-4-5-23(21-14-32(2)31-24(20)21)33-7-6-16(12-33)29-17-8-19(9-17)36-3/h4-5,10-11,13-14,16-17,19,29H,6-9,12H2,1-3H3,(H,30,35)/t16-,17-,19+/m1/s1. The van der Waals surface area contributed by atoms with Crippen molar-refractivity contribution in [1.29, 1.82) is 0 Å². The summed E-state index contributed by atoms with van der Waals surface area (Å²) in [7, 11) is 3.63. The van der Waals surface area contributed by atoms with Crippen molar-refractivity contribution in [2.75, 3.05) is 30.4 Å². The lowest BCUT2D eigenvalue weighted by Gasteiger charge is -2.36. The van der Waals surface area contributed by atoms with Crippen molar-refractivity contribution in [3.63, 3.8) is 0 Å². The second kappa shape index (κ2) is 8.86. The first-order valence-electron chi connectivity index (χ1n) is 12.3. The number of nitrogens with zero attached hydrogens (tertiary/aromatic N) is 5. The number of anilines is 2. The maximum Gasteiger partial charge on any atom is 0.257 e. The van der Waals surface area contributed by atoms with Crippen LogP contribution in [0.25, 0.3) is 16.6 Å². The van der Waals surface area contributed by atoms with Gasteiger partial charge in [-0.3, -0.25) is 9.48 Å². The number of aryl methyl sites for hydroxylation is 2. The first kappa shape index (κ1) is 22.9. The van der Waals surface area contributed by atoms with E-state index in [2.05, 4.69) is 25.6 Å². The van der Waals surface area contributed by atoms with E-state index in [1.807, 2.05) is 25.4 Å². The summed E-state index contributed by atoms with van der Waals surface area (Å²) < 4.78 is 23.2. The van der Waals surface area contributed by atoms with Crippen molar-refractivity contribution in [2.24, 2.45) is 7.05 Å². The number of carbonyl (C=O) groups is 1. The van der Waals surface area contributed by atoms with Gasteiger partial charge in [-0.15, -0.1) is 0 Å². The summed E-state index contributed by atoms with van der Waals surface area (Å²) in [4.78, 5) is 19.8. The summed E-state index contributed by atoms with van der Waals surface area (Å²) >= 11 is 0. The number of hydrogen-bond acceptors (Lipinski definition) is 6. The Morgan fingerprint density at radius 2 is 2.03 bits per heavy atom. The van der Waals surface area contributed by atoms with Gasteiger partial charge in [0.2, 0.25) is 0 Å². The molecule has 4 aromatic rings. The summed E-state index contributed by atoms with van der Waals surface area (Å²) in [6.45, 7) is 3.65. The van der Waals surface area contributed by atoms with E-state index >= 15 is 0 Å². The number of rotatable bonds is 6. The minimum atomic E-state index is -0.490. The topological polar surface area (TPSA) is 88.7 Å². The Hall–Kier alpha value is -3.50. The molecule has 0 unspecified atom stereocenters. The third-order valence-electron chi connectivity index (χ3n) is 7.33. The highest BCUT2D eigenvalue weighted by molar-refractivity contribution is 6.13. The SMILES string of the molecule is CO[C@H]1C[C@@H](N[C@@H]2CCN(c3ccc(C(=O)Nc4cc(F)c5nc(C)cn5c4)c4nn(C)cc34)C2)C1. The van der Waals surface area contributed by atoms with E-state index < -0.39 is 5.82 Å². The zero-order valence-corrected chi connectivity index (χ0v) is 20.7. The van der Waals surface area contributed by atoms with Crippen LogP contribution in [0.15, 0.2) is 36.8 Å². The summed E-state index contributed by atoms with van der Waals surface area (Å²) in [5, 5.41) is 12.1. The minimum Gasteiger partial charge on any atom is -0.381 e. The molecule has 1 amide bonds. The quantitative estimate of drug-likeness (QED) is 0.431. The van der Waals surface area contributed by atoms with Gasteiger partial charge in [0.1, 0.15) is 5.52 Å². The molecule has 2 N–H and O–H groups in total. The smallest absolute Gasteiger partial charge is 0.257 e. The molecule has 1 atom stereocenters. The number of nitrogens with one attached hydrogen (secondary N) is 2. The Bertz CT molecular complexity index is 1460. The molecule has 1 aliphatic heterocycles. The maximum atomic E-state index is 14.5. The molecule has 3 aromatic heterocycles. The lowest BCUT2D eigenvalue weighted by molar-refractivity contribution is 0.0149. The number of carbonyl (C=O) groups excluding carboxylic acids is 1. The van der Waals surface area contributed by atoms with Gasteiger partial charge in [0.15, 0.2) is 11.5 Å². The fraction of sp³-hybridized carbons (Fsp3) is 0.423. The van der Waals surface area contributed by atoms with Crippen LogP contribution >= 0.6 is 0 Å². The Balaban J connectivity index is 1.22. The number of imidazole rings is 1. The van der Waals surface area contributed by atoms with E-state index in [0.29, 0.717) is 40.6 Å². The van der Waals surface area contributed by atoms with Crippen LogP contribution in [0.4, 0.5) is 15.8 Å². The molecule has 36 heavy (non-hydrogen) atoms. The highest BCUT2D eigenvalue weighted by Crippen LogP contribution is 2.32. The van der Waals surface area contributed by atoms with E-state index in [4.69, 9.17) is 4.74 Å². The van der Waals surface area contributed by atoms with Crippen molar-refractivity contribution in [3.05, 3.63) is 53.9 Å². The Morgan fingerprint density at radius 1 is 1.19 bits per heavy atom. The molecule has 1 saturated carbocycles. The number of aromatic nitrogens is 4. The summed E-state index contributed by atoms with van der Waals surface area (Å²) in [5.74, 6) is -0.824. The number of amides is 1. The third kappa shape index (κ3) is 4.10. The fourth-order valence-corrected chi connectivity index (χ4v) is 5.45. The predicted molar refractivity (Wildman–Crippen MR) is 136 cm³/mol. The molecule has 9 nitrogen and oxygen atoms in total. The lowest BCUT2D eigenvalue weighted by Crippen LogP contribution is -2.49. The van der Waals surface area contributed by atoms with E-state index in [1.165, 1.54) is 6.07 Å². The van der Waals surface area contributed by atoms with Crippen molar-refractivity contribution in [3.8, 4) is 0 Å². The summed E-state index contributed by atoms with van der Waals surface area (Å²) in [5.41, 5.74) is 3.45. The highest BCUT2D eigenvalue weighted by Gasteiger charge is 2.33. The maximum absolute atomic E-state index is 14.5. The van der Waals surface area contributed by atoms with Crippen LogP contribution in [0.2, 0.25) is 0 Å². The molecule has 2 aliphatic rings. The summed E-state index contributed by atoms with van der Waals surface area (Å²) in [6, 6.07) is 6.05. The molecular formula is C26H30FN7O2. The number of benzene rings is 1. The van der Waals surface area contributed by atoms with Gasteiger partial charge in [0, 0.05) is 75.1 Å². The van der Waals surface area contributed by atoms with Gasteiger partial charge in [0.05, 0.1) is 23.0 Å². The van der Waals surface area contributed by atoms with Gasteiger partial charge in [-0.25, -0.2) is 9.37 Å². The molecule has 1 saturated heterocycles. The number of methoxy groups -OCH3 is 1. The van der Waals surface area contributed by atoms with Crippen LogP contribution in [0.1, 0.15) is 35.3 Å². The van der Waals surface area contributed by atoms with E-state index in [9.17, 15) is 9.18 Å². The molecule has 2 fully saturated rings. The average Bonchev–Trinajstić information content (AvgIpc) is 3.52. The van der Waals surface area contributed by atoms with Crippen molar-refractivity contribution in [1.82, 2.24) is 24.5 Å². The lowest BCUT2D eigenvalue weighted by atomic mass is 9.88. The first-order chi connectivity index (χ1) is 17.4. The van der Waals surface area contributed by atoms with E-state index in [-0.39, 0.29) is 11.6 Å². The van der Waals surface area contributed by atoms with Crippen LogP contribution < -0.4 is 15.5 Å². The number of ether oxygens (including phenoxy) is 1. The molecule has 10 heteroatoms. The minimum absolute atomic E-state index is 0.233. The van der Waals surface area contributed by atoms with Crippen LogP contribution in [0.5, 0.6) is 0 Å². The van der Waals surface area contributed by atoms with Gasteiger partial charge in [0.25, 0.3) is 5.91 Å². The van der Waals surface area contributed by atoms with E-state index in [1.54, 1.807) is 35.5 Å². The van der Waals surface area contributed by atoms with Crippen LogP contribution in [-0.2, 0) is 11.8 Å². The zero-order valence-electron chi connectivity index (χ0n) is 20.7. The van der Waals surface area contributed by atoms with Gasteiger partial charge < -0.3 is 24.7 Å². The molecule has 4 heterocycles. The molecule has 6 rings (SSSR count). The number of halogens is 1. The molecule has 0 bridgehead atoms. The Labute approximate surface area is 208 Å². The van der Waals surface area contributed by atoms with E-state index in [0.717, 1.165) is 43.4 Å². The van der Waals surface area contributed by atoms with Gasteiger partial charge in [-0.2, -0.15) is 5.10 Å². The average molecular weight is 492 g/mol. The van der Waals surface area contributed by atoms with Crippen molar-refractivity contribution in [2.45, 2.75) is 44.4 Å². The van der Waals surface area contributed by atoms with Crippen LogP contribution in [0.3, 0.4) is 0 Å². The molecule has 1 aromatic carbocycles. The summed E-state index contributed by atoms with van der Waals surface area (Å²) in [6.07, 6.45) is 8.93. The number of fused-ring (bicyclic) bond motifs is 2. The second-order valence-corrected chi connectivity index (χ2v) is 9.97. The number of hydrogen-bond donors (Lipinski definition) is 2. The Kier molecular flexibility index (Phi) is 5.65. The molecular weight excluding hydrogens is 461 g/mol. The largest absolute Gasteiger partial charge is 0.381 e. The van der Waals surface area contributed by atoms with Crippen molar-refractivity contribution >= 4 is 33.8 Å². The van der Waals surface area contributed by atoms with Gasteiger partial charge >= 0.3 is 0 Å². The monoisotopic (exact) mass is 491 g/mol. The molecule has 0 radical (unpaired) electrons. The predicted octanol–water partition coefficient (Wildman–Crippen LogP) is 3.27. The number of pyridine rings is 1. The molecule has 188 valence electrons. The van der Waals surface area contributed by atoms with Crippen LogP contribution in [-0.4, -0.2) is 63.5 Å². The first-order valence-corrected chi connectivity index (χ1v) is 12.3. The molecule has 1 aliphatic carbocycles. The van der Waals surface area contributed by atoms with Gasteiger partial charge in [-0.05, 0) is 38.3 Å². The van der Waals surface area contributed by atoms with Gasteiger partial charge in [-0.1, -0.05) is 0 Å². The molecule has 0 spiro atoms. The van der Waals surface area contributed by atoms with Crippen molar-refractivity contribution < 1.29 is 13.9 Å². The fourth-order valence-electron chi connectivity index (χ4n) is 5.45. The second-order valence-electron chi connectivity index (χ2n) is 9.97. The Morgan fingerprint density at radius 3 is 2.83 bits per heavy atom. The van der Waals surface area contributed by atoms with Crippen LogP contribution in [0, 0.1) is 12.7 Å². The zero-order chi connectivity index (χ0) is 25.0. The normalized spacial score (nSPS) is 21.9. The third-order valence-corrected chi connectivity index (χ3v) is 7.33. The highest BCUT2D eigenvalue weighted by atomic mass is 19.1.